The lowest BCUT2D eigenvalue weighted by atomic mass is 9.73. The lowest BCUT2D eigenvalue weighted by Crippen LogP contribution is -2.46. The number of aliphatic imine (C=N–C) groups is 1. The first kappa shape index (κ1) is 30.4. The molecule has 3 rings (SSSR count). The van der Waals surface area contributed by atoms with Crippen molar-refractivity contribution in [3.63, 3.8) is 0 Å². The van der Waals surface area contributed by atoms with Gasteiger partial charge in [0, 0.05) is 24.1 Å². The van der Waals surface area contributed by atoms with Gasteiger partial charge in [-0.2, -0.15) is 0 Å². The van der Waals surface area contributed by atoms with Crippen molar-refractivity contribution in [1.29, 1.82) is 0 Å². The zero-order chi connectivity index (χ0) is 28.2. The van der Waals surface area contributed by atoms with E-state index in [0.717, 1.165) is 35.5 Å². The first-order valence-corrected chi connectivity index (χ1v) is 14.6. The van der Waals surface area contributed by atoms with Gasteiger partial charge in [-0.15, -0.1) is 11.3 Å². The maximum Gasteiger partial charge on any atom is 0.309 e. The minimum absolute atomic E-state index is 0.0821. The Bertz CT molecular complexity index is 1050. The number of esters is 1. The predicted molar refractivity (Wildman–Crippen MR) is 149 cm³/mol. The quantitative estimate of drug-likeness (QED) is 0.516. The highest BCUT2D eigenvalue weighted by Crippen LogP contribution is 2.34. The van der Waals surface area contributed by atoms with Crippen LogP contribution in [0.5, 0.6) is 0 Å². The van der Waals surface area contributed by atoms with E-state index in [0.29, 0.717) is 18.7 Å². The molecule has 7 atom stereocenters. The molecule has 1 aromatic rings. The summed E-state index contributed by atoms with van der Waals surface area (Å²) < 4.78 is 12.1. The van der Waals surface area contributed by atoms with Crippen molar-refractivity contribution < 1.29 is 29.3 Å². The van der Waals surface area contributed by atoms with E-state index in [1.807, 2.05) is 39.2 Å². The number of thiazole rings is 1. The van der Waals surface area contributed by atoms with Crippen LogP contribution in [0.2, 0.25) is 0 Å². The molecule has 0 spiro atoms. The number of Topliss-reactive ketones (excluding diaryl/α,β-unsaturated/α-hetero) is 1. The highest BCUT2D eigenvalue weighted by Gasteiger charge is 2.43. The number of hydrogen-bond donors (Lipinski definition) is 2. The van der Waals surface area contributed by atoms with Gasteiger partial charge in [0.25, 0.3) is 0 Å². The van der Waals surface area contributed by atoms with Crippen LogP contribution < -0.4 is 0 Å². The van der Waals surface area contributed by atoms with E-state index < -0.39 is 35.6 Å². The zero-order valence-corrected chi connectivity index (χ0v) is 24.6. The van der Waals surface area contributed by atoms with Crippen molar-refractivity contribution in [2.45, 2.75) is 117 Å². The molecular formula is C29H44N2O6S. The molecule has 9 heteroatoms. The number of aliphatic hydroxyl groups is 2. The second kappa shape index (κ2) is 12.8. The van der Waals surface area contributed by atoms with Gasteiger partial charge in [0.1, 0.15) is 18.0 Å². The Kier molecular flexibility index (Phi) is 10.3. The number of aliphatic hydroxyl groups excluding tert-OH is 2. The molecule has 1 unspecified atom stereocenters. The first-order chi connectivity index (χ1) is 17.8. The average Bonchev–Trinajstić information content (AvgIpc) is 3.46. The van der Waals surface area contributed by atoms with E-state index in [1.54, 1.807) is 32.1 Å². The summed E-state index contributed by atoms with van der Waals surface area (Å²) in [6.07, 6.45) is 2.07. The van der Waals surface area contributed by atoms with Gasteiger partial charge in [-0.3, -0.25) is 9.59 Å². The highest BCUT2D eigenvalue weighted by atomic mass is 32.1. The summed E-state index contributed by atoms with van der Waals surface area (Å²) in [6.45, 7) is 12.7. The molecule has 3 heterocycles. The number of hydrogen-bond acceptors (Lipinski definition) is 9. The summed E-state index contributed by atoms with van der Waals surface area (Å²) in [5.74, 6) is -0.938. The fraction of sp³-hybridized carbons (Fsp3) is 0.724. The van der Waals surface area contributed by atoms with Gasteiger partial charge in [0.05, 0.1) is 40.8 Å². The number of aromatic nitrogens is 1. The van der Waals surface area contributed by atoms with Crippen molar-refractivity contribution in [3.8, 4) is 0 Å². The number of carbonyl (C=O) groups is 2. The molecule has 2 aliphatic heterocycles. The van der Waals surface area contributed by atoms with Crippen LogP contribution in [0.15, 0.2) is 15.9 Å². The van der Waals surface area contributed by atoms with E-state index >= 15 is 0 Å². The Labute approximate surface area is 230 Å². The van der Waals surface area contributed by atoms with E-state index in [9.17, 15) is 19.8 Å². The van der Waals surface area contributed by atoms with Crippen LogP contribution in [0.25, 0.3) is 6.08 Å². The molecule has 0 saturated carbocycles. The van der Waals surface area contributed by atoms with E-state index in [2.05, 4.69) is 4.98 Å². The summed E-state index contributed by atoms with van der Waals surface area (Å²) >= 11 is 1.55. The van der Waals surface area contributed by atoms with Crippen LogP contribution in [0.4, 0.5) is 0 Å². The van der Waals surface area contributed by atoms with Gasteiger partial charge in [0.2, 0.25) is 0 Å². The van der Waals surface area contributed by atoms with Crippen molar-refractivity contribution >= 4 is 35.1 Å². The molecule has 38 heavy (non-hydrogen) atoms. The van der Waals surface area contributed by atoms with Crippen molar-refractivity contribution in [2.24, 2.45) is 22.2 Å². The molecule has 1 aromatic heterocycles. The molecule has 212 valence electrons. The van der Waals surface area contributed by atoms with Crippen molar-refractivity contribution in [3.05, 3.63) is 21.7 Å². The van der Waals surface area contributed by atoms with Crippen molar-refractivity contribution in [2.75, 3.05) is 0 Å². The number of aryl methyl sites for hydroxylation is 1. The Hall–Kier alpha value is -2.10. The van der Waals surface area contributed by atoms with Gasteiger partial charge < -0.3 is 19.7 Å². The summed E-state index contributed by atoms with van der Waals surface area (Å²) in [4.78, 5) is 35.7. The number of fused-ring (bicyclic) bond motifs is 1. The number of nitrogens with zero attached hydrogens (tertiary/aromatic N) is 2. The van der Waals surface area contributed by atoms with Crippen LogP contribution >= 0.6 is 11.3 Å². The number of ketones is 1. The molecule has 0 aromatic carbocycles. The van der Waals surface area contributed by atoms with Crippen LogP contribution in [0, 0.1) is 24.2 Å². The fourth-order valence-electron chi connectivity index (χ4n) is 5.33. The third kappa shape index (κ3) is 7.30. The van der Waals surface area contributed by atoms with Crippen LogP contribution in [0.3, 0.4) is 0 Å². The number of ether oxygens (including phenoxy) is 2. The Morgan fingerprint density at radius 3 is 2.55 bits per heavy atom. The smallest absolute Gasteiger partial charge is 0.309 e. The Morgan fingerprint density at radius 2 is 1.92 bits per heavy atom. The topological polar surface area (TPSA) is 118 Å². The second-order valence-electron chi connectivity index (χ2n) is 11.5. The van der Waals surface area contributed by atoms with Gasteiger partial charge in [-0.1, -0.05) is 41.0 Å². The number of carbonyl (C=O) groups excluding carboxylic acids is 2. The Balaban J connectivity index is 1.92. The maximum absolute atomic E-state index is 13.3. The lowest BCUT2D eigenvalue weighted by molar-refractivity contribution is -0.155. The van der Waals surface area contributed by atoms with Crippen molar-refractivity contribution in [1.82, 2.24) is 4.98 Å². The molecule has 0 amide bonds. The second-order valence-corrected chi connectivity index (χ2v) is 12.5. The van der Waals surface area contributed by atoms with Gasteiger partial charge in [-0.05, 0) is 44.3 Å². The summed E-state index contributed by atoms with van der Waals surface area (Å²) in [5.41, 5.74) is 0.404. The average molecular weight is 549 g/mol. The summed E-state index contributed by atoms with van der Waals surface area (Å²) in [5, 5.41) is 24.8. The zero-order valence-electron chi connectivity index (χ0n) is 23.8. The first-order valence-electron chi connectivity index (χ1n) is 13.8. The third-order valence-corrected chi connectivity index (χ3v) is 8.86. The third-order valence-electron chi connectivity index (χ3n) is 8.07. The van der Waals surface area contributed by atoms with Gasteiger partial charge in [0.15, 0.2) is 5.90 Å². The van der Waals surface area contributed by atoms with Gasteiger partial charge in [-0.25, -0.2) is 9.98 Å². The predicted octanol–water partition coefficient (Wildman–Crippen LogP) is 4.90. The normalized spacial score (nSPS) is 33.8. The van der Waals surface area contributed by atoms with Crippen LogP contribution in [0.1, 0.15) is 90.8 Å². The molecule has 0 aliphatic carbocycles. The van der Waals surface area contributed by atoms with E-state index in [1.165, 1.54) is 0 Å². The van der Waals surface area contributed by atoms with E-state index in [-0.39, 0.29) is 30.3 Å². The molecule has 2 aliphatic rings. The molecule has 8 nitrogen and oxygen atoms in total. The fourth-order valence-corrected chi connectivity index (χ4v) is 5.90. The molecule has 1 fully saturated rings. The molecule has 2 N–H and O–H groups in total. The standard InChI is InChI=1S/C29H44N2O6S/c1-8-25-31-21-11-9-10-16(2)27(34)18(4)28(35)29(6,7)24(32)14-26(33)37-22(13-23(21)36-25)17(3)12-20-15-38-19(5)30-20/h12,15-16,18,21-24,27,32,34H,8-11,13-14H2,1-7H3/b17-12+/t16-,18+,21?,22-,23-,24-,27-/m0/s1. The summed E-state index contributed by atoms with van der Waals surface area (Å²) in [6, 6.07) is -0.0821. The largest absolute Gasteiger partial charge is 0.475 e. The molecular weight excluding hydrogens is 504 g/mol. The van der Waals surface area contributed by atoms with Crippen LogP contribution in [-0.4, -0.2) is 63.3 Å². The number of cyclic esters (lactones) is 1. The minimum Gasteiger partial charge on any atom is -0.475 e. The lowest BCUT2D eigenvalue weighted by Gasteiger charge is -2.34. The minimum atomic E-state index is -1.25. The van der Waals surface area contributed by atoms with Gasteiger partial charge >= 0.3 is 5.97 Å². The molecule has 0 radical (unpaired) electrons. The van der Waals surface area contributed by atoms with Crippen LogP contribution in [-0.2, 0) is 19.1 Å². The SMILES string of the molecule is CCC1=NC2CCC[C@H](C)[C@H](O)[C@@H](C)C(=O)C(C)(C)[C@@H](O)CC(=O)O[C@H](/C(C)=C/c3csc(C)n3)C[C@@H]2O1. The molecule has 0 bridgehead atoms. The Morgan fingerprint density at radius 1 is 1.21 bits per heavy atom. The highest BCUT2D eigenvalue weighted by molar-refractivity contribution is 7.09. The maximum atomic E-state index is 13.3. The number of rotatable bonds is 3. The van der Waals surface area contributed by atoms with E-state index in [4.69, 9.17) is 14.5 Å². The molecule has 1 saturated heterocycles. The monoisotopic (exact) mass is 548 g/mol. The summed E-state index contributed by atoms with van der Waals surface area (Å²) in [7, 11) is 0.